The molecule has 1 aromatic rings. The molecular weight excluding hydrogens is 236 g/mol. The fourth-order valence-corrected chi connectivity index (χ4v) is 1.42. The summed E-state index contributed by atoms with van der Waals surface area (Å²) in [5.41, 5.74) is 5.25. The predicted octanol–water partition coefficient (Wildman–Crippen LogP) is 1.42. The fourth-order valence-electron chi connectivity index (χ4n) is 1.42. The quantitative estimate of drug-likeness (QED) is 0.567. The number of nitrogens with two attached hydrogens (primary N) is 1. The third-order valence-electron chi connectivity index (χ3n) is 2.28. The minimum atomic E-state index is 0.0856. The molecule has 0 amide bonds. The highest BCUT2D eigenvalue weighted by Crippen LogP contribution is 2.40. The maximum Gasteiger partial charge on any atom is 0.203 e. The number of ether oxygens (including phenoxy) is 4. The topological polar surface area (TPSA) is 86.8 Å². The van der Waals surface area contributed by atoms with Crippen molar-refractivity contribution in [1.29, 1.82) is 5.41 Å². The SMILES string of the molecule is COc1cc(OCCC(=N)N)cc(OC)c1OC. The van der Waals surface area contributed by atoms with Gasteiger partial charge in [-0.3, -0.25) is 5.41 Å². The van der Waals surface area contributed by atoms with Gasteiger partial charge in [-0.25, -0.2) is 0 Å². The van der Waals surface area contributed by atoms with E-state index in [-0.39, 0.29) is 5.84 Å². The van der Waals surface area contributed by atoms with Gasteiger partial charge in [-0.05, 0) is 0 Å². The Hall–Kier alpha value is -2.11. The summed E-state index contributed by atoms with van der Waals surface area (Å²) in [7, 11) is 4.62. The largest absolute Gasteiger partial charge is 0.493 e. The third-order valence-corrected chi connectivity index (χ3v) is 2.28. The molecule has 0 aliphatic carbocycles. The first kappa shape index (κ1) is 14.0. The van der Waals surface area contributed by atoms with Crippen LogP contribution in [0.3, 0.4) is 0 Å². The summed E-state index contributed by atoms with van der Waals surface area (Å²) in [6.45, 7) is 0.327. The lowest BCUT2D eigenvalue weighted by molar-refractivity contribution is 0.304. The molecule has 0 aliphatic rings. The second-order valence-electron chi connectivity index (χ2n) is 3.48. The molecule has 0 atom stereocenters. The molecule has 3 N–H and O–H groups in total. The average Bonchev–Trinajstić information content (AvgIpc) is 2.36. The number of nitrogens with one attached hydrogen (secondary N) is 1. The van der Waals surface area contributed by atoms with Crippen molar-refractivity contribution in [2.45, 2.75) is 6.42 Å². The van der Waals surface area contributed by atoms with Gasteiger partial charge < -0.3 is 24.7 Å². The Labute approximate surface area is 106 Å². The van der Waals surface area contributed by atoms with Gasteiger partial charge in [0.1, 0.15) is 5.75 Å². The zero-order valence-electron chi connectivity index (χ0n) is 10.8. The molecule has 6 heteroatoms. The van der Waals surface area contributed by atoms with Gasteiger partial charge in [-0.15, -0.1) is 0 Å². The lowest BCUT2D eigenvalue weighted by Crippen LogP contribution is -2.13. The molecule has 1 aromatic carbocycles. The fraction of sp³-hybridized carbons (Fsp3) is 0.417. The molecule has 0 saturated carbocycles. The molecule has 0 spiro atoms. The van der Waals surface area contributed by atoms with Gasteiger partial charge in [0, 0.05) is 18.6 Å². The Morgan fingerprint density at radius 3 is 2.06 bits per heavy atom. The summed E-state index contributed by atoms with van der Waals surface area (Å²) < 4.78 is 21.1. The highest BCUT2D eigenvalue weighted by atomic mass is 16.5. The summed E-state index contributed by atoms with van der Waals surface area (Å²) in [5, 5.41) is 7.11. The lowest BCUT2D eigenvalue weighted by atomic mass is 10.2. The van der Waals surface area contributed by atoms with Crippen LogP contribution in [-0.4, -0.2) is 33.8 Å². The van der Waals surface area contributed by atoms with Crippen LogP contribution in [0.25, 0.3) is 0 Å². The molecule has 0 radical (unpaired) electrons. The molecule has 0 aliphatic heterocycles. The smallest absolute Gasteiger partial charge is 0.203 e. The Bertz CT molecular complexity index is 396. The second-order valence-corrected chi connectivity index (χ2v) is 3.48. The first-order valence-electron chi connectivity index (χ1n) is 5.38. The van der Waals surface area contributed by atoms with Crippen molar-refractivity contribution in [2.24, 2.45) is 5.73 Å². The number of hydrogen-bond donors (Lipinski definition) is 2. The van der Waals surface area contributed by atoms with E-state index in [1.54, 1.807) is 12.1 Å². The minimum Gasteiger partial charge on any atom is -0.493 e. The molecule has 0 bridgehead atoms. The lowest BCUT2D eigenvalue weighted by Gasteiger charge is -2.14. The molecule has 100 valence electrons. The molecule has 0 fully saturated rings. The second kappa shape index (κ2) is 6.58. The van der Waals surface area contributed by atoms with Crippen LogP contribution in [-0.2, 0) is 0 Å². The average molecular weight is 254 g/mol. The number of benzene rings is 1. The monoisotopic (exact) mass is 254 g/mol. The molecule has 0 saturated heterocycles. The maximum absolute atomic E-state index is 7.11. The molecular formula is C12H18N2O4. The van der Waals surface area contributed by atoms with Crippen LogP contribution in [0.1, 0.15) is 6.42 Å². The van der Waals surface area contributed by atoms with Gasteiger partial charge >= 0.3 is 0 Å². The van der Waals surface area contributed by atoms with Gasteiger partial charge in [0.05, 0.1) is 33.8 Å². The zero-order chi connectivity index (χ0) is 13.5. The Morgan fingerprint density at radius 1 is 1.11 bits per heavy atom. The Balaban J connectivity index is 2.89. The van der Waals surface area contributed by atoms with Crippen molar-refractivity contribution in [2.75, 3.05) is 27.9 Å². The van der Waals surface area contributed by atoms with E-state index in [9.17, 15) is 0 Å². The van der Waals surface area contributed by atoms with Crippen molar-refractivity contribution in [3.05, 3.63) is 12.1 Å². The van der Waals surface area contributed by atoms with Crippen LogP contribution in [0, 0.1) is 5.41 Å². The van der Waals surface area contributed by atoms with E-state index < -0.39 is 0 Å². The Morgan fingerprint density at radius 2 is 1.67 bits per heavy atom. The van der Waals surface area contributed by atoms with Crippen LogP contribution in [0.2, 0.25) is 0 Å². The summed E-state index contributed by atoms with van der Waals surface area (Å²) in [6.07, 6.45) is 0.372. The number of hydrogen-bond acceptors (Lipinski definition) is 5. The highest BCUT2D eigenvalue weighted by Gasteiger charge is 2.13. The van der Waals surface area contributed by atoms with Crippen molar-refractivity contribution in [1.82, 2.24) is 0 Å². The van der Waals surface area contributed by atoms with E-state index in [0.717, 1.165) is 0 Å². The van der Waals surface area contributed by atoms with E-state index in [0.29, 0.717) is 36.0 Å². The van der Waals surface area contributed by atoms with E-state index in [1.807, 2.05) is 0 Å². The molecule has 0 aromatic heterocycles. The van der Waals surface area contributed by atoms with E-state index in [4.69, 9.17) is 30.1 Å². The van der Waals surface area contributed by atoms with E-state index in [2.05, 4.69) is 0 Å². The summed E-state index contributed by atoms with van der Waals surface area (Å²) in [6, 6.07) is 3.39. The normalized spacial score (nSPS) is 9.72. The third kappa shape index (κ3) is 3.44. The first-order valence-corrected chi connectivity index (χ1v) is 5.38. The molecule has 18 heavy (non-hydrogen) atoms. The van der Waals surface area contributed by atoms with Gasteiger partial charge in [-0.1, -0.05) is 0 Å². The molecule has 1 rings (SSSR count). The zero-order valence-corrected chi connectivity index (χ0v) is 10.8. The van der Waals surface area contributed by atoms with E-state index in [1.165, 1.54) is 21.3 Å². The minimum absolute atomic E-state index is 0.0856. The van der Waals surface area contributed by atoms with Crippen LogP contribution in [0.4, 0.5) is 0 Å². The standard InChI is InChI=1S/C12H18N2O4/c1-15-9-6-8(18-5-4-11(13)14)7-10(16-2)12(9)17-3/h6-7H,4-5H2,1-3H3,(H3,13,14). The summed E-state index contributed by atoms with van der Waals surface area (Å²) in [4.78, 5) is 0. The van der Waals surface area contributed by atoms with E-state index >= 15 is 0 Å². The van der Waals surface area contributed by atoms with Crippen molar-refractivity contribution < 1.29 is 18.9 Å². The summed E-state index contributed by atoms with van der Waals surface area (Å²) >= 11 is 0. The van der Waals surface area contributed by atoms with Gasteiger partial charge in [0.25, 0.3) is 0 Å². The number of rotatable bonds is 7. The van der Waals surface area contributed by atoms with Crippen LogP contribution >= 0.6 is 0 Å². The first-order chi connectivity index (χ1) is 8.62. The maximum atomic E-state index is 7.11. The molecule has 0 unspecified atom stereocenters. The van der Waals surface area contributed by atoms with Crippen LogP contribution < -0.4 is 24.7 Å². The highest BCUT2D eigenvalue weighted by molar-refractivity contribution is 5.76. The predicted molar refractivity (Wildman–Crippen MR) is 68.1 cm³/mol. The van der Waals surface area contributed by atoms with Gasteiger partial charge in [-0.2, -0.15) is 0 Å². The van der Waals surface area contributed by atoms with Gasteiger partial charge in [0.2, 0.25) is 5.75 Å². The van der Waals surface area contributed by atoms with Crippen LogP contribution in [0.15, 0.2) is 12.1 Å². The Kier molecular flexibility index (Phi) is 5.10. The van der Waals surface area contributed by atoms with Crippen molar-refractivity contribution in [3.8, 4) is 23.0 Å². The van der Waals surface area contributed by atoms with Crippen molar-refractivity contribution in [3.63, 3.8) is 0 Å². The molecule has 6 nitrogen and oxygen atoms in total. The van der Waals surface area contributed by atoms with Crippen LogP contribution in [0.5, 0.6) is 23.0 Å². The summed E-state index contributed by atoms with van der Waals surface area (Å²) in [5.74, 6) is 2.22. The number of methoxy groups -OCH3 is 3. The van der Waals surface area contributed by atoms with Crippen molar-refractivity contribution >= 4 is 5.84 Å². The van der Waals surface area contributed by atoms with Gasteiger partial charge in [0.15, 0.2) is 11.5 Å². The molecule has 0 heterocycles. The number of amidine groups is 1.